The Balaban J connectivity index is 2.30. The first kappa shape index (κ1) is 16.2. The second-order valence-corrected chi connectivity index (χ2v) is 7.66. The summed E-state index contributed by atoms with van der Waals surface area (Å²) in [4.78, 5) is 10.6. The Kier molecular flexibility index (Phi) is 4.54. The minimum Gasteiger partial charge on any atom is -0.399 e. The predicted octanol–water partition coefficient (Wildman–Crippen LogP) is 1.06. The number of sulfonamides is 1. The lowest BCUT2D eigenvalue weighted by Crippen LogP contribution is -2.41. The second kappa shape index (κ2) is 5.90. The molecule has 21 heavy (non-hydrogen) atoms. The Morgan fingerprint density at radius 3 is 2.43 bits per heavy atom. The minimum absolute atomic E-state index is 0.00639. The van der Waals surface area contributed by atoms with Crippen LogP contribution >= 0.6 is 15.9 Å². The average molecular weight is 380 g/mol. The first-order valence-corrected chi connectivity index (χ1v) is 8.50. The smallest absolute Gasteiger partial charge is 0.246 e. The zero-order valence-corrected chi connectivity index (χ0v) is 13.5. The van der Waals surface area contributed by atoms with Crippen molar-refractivity contribution in [3.63, 3.8) is 0 Å². The normalized spacial score (nSPS) is 17.8. The molecule has 0 radical (unpaired) electrons. The lowest BCUT2D eigenvalue weighted by Gasteiger charge is -2.29. The number of nitrogen functional groups attached to an aromatic ring is 1. The number of rotatable bonds is 3. The van der Waals surface area contributed by atoms with E-state index in [1.807, 2.05) is 0 Å². The average Bonchev–Trinajstić information content (AvgIpc) is 2.42. The highest BCUT2D eigenvalue weighted by Crippen LogP contribution is 2.30. The van der Waals surface area contributed by atoms with Crippen molar-refractivity contribution in [1.82, 2.24) is 4.31 Å². The molecule has 0 aliphatic carbocycles. The molecule has 0 unspecified atom stereocenters. The third kappa shape index (κ3) is 3.19. The second-order valence-electron chi connectivity index (χ2n) is 4.90. The number of carbonyl (C=O) groups is 1. The quantitative estimate of drug-likeness (QED) is 0.765. The lowest BCUT2D eigenvalue weighted by atomic mass is 9.98. The Hall–Kier alpha value is -1.19. The van der Waals surface area contributed by atoms with Crippen LogP contribution in [0.4, 0.5) is 10.1 Å². The number of piperidine rings is 1. The molecule has 0 spiro atoms. The molecule has 1 fully saturated rings. The molecule has 1 heterocycles. The van der Waals surface area contributed by atoms with Gasteiger partial charge >= 0.3 is 0 Å². The monoisotopic (exact) mass is 379 g/mol. The van der Waals surface area contributed by atoms with E-state index in [1.165, 1.54) is 6.07 Å². The van der Waals surface area contributed by atoms with Gasteiger partial charge in [0.15, 0.2) is 5.82 Å². The highest BCUT2D eigenvalue weighted by Gasteiger charge is 2.33. The first-order valence-electron chi connectivity index (χ1n) is 6.27. The molecule has 2 rings (SSSR count). The minimum atomic E-state index is -3.99. The zero-order chi connectivity index (χ0) is 15.8. The van der Waals surface area contributed by atoms with Crippen LogP contribution in [0.25, 0.3) is 0 Å². The molecule has 1 aliphatic heterocycles. The SMILES string of the molecule is NC(=O)C1CCN(S(=O)(=O)c2cc(N)cc(Br)c2F)CC1. The summed E-state index contributed by atoms with van der Waals surface area (Å²) in [5, 5.41) is 0. The van der Waals surface area contributed by atoms with E-state index in [1.54, 1.807) is 0 Å². The van der Waals surface area contributed by atoms with E-state index in [2.05, 4.69) is 15.9 Å². The van der Waals surface area contributed by atoms with Gasteiger partial charge in [0.1, 0.15) is 4.90 Å². The molecule has 0 saturated carbocycles. The van der Waals surface area contributed by atoms with Gasteiger partial charge in [-0.1, -0.05) is 0 Å². The molecule has 1 aromatic carbocycles. The van der Waals surface area contributed by atoms with Crippen LogP contribution in [-0.4, -0.2) is 31.7 Å². The molecule has 1 aromatic rings. The van der Waals surface area contributed by atoms with E-state index >= 15 is 0 Å². The van der Waals surface area contributed by atoms with Gasteiger partial charge in [0.05, 0.1) is 4.47 Å². The van der Waals surface area contributed by atoms with Gasteiger partial charge in [-0.3, -0.25) is 4.79 Å². The van der Waals surface area contributed by atoms with E-state index in [9.17, 15) is 17.6 Å². The summed E-state index contributed by atoms with van der Waals surface area (Å²) in [5.41, 5.74) is 10.9. The molecule has 1 aliphatic rings. The number of benzene rings is 1. The number of hydrogen-bond acceptors (Lipinski definition) is 4. The number of nitrogens with zero attached hydrogens (tertiary/aromatic N) is 1. The summed E-state index contributed by atoms with van der Waals surface area (Å²) in [5.74, 6) is -1.65. The van der Waals surface area contributed by atoms with Crippen molar-refractivity contribution in [3.05, 3.63) is 22.4 Å². The predicted molar refractivity (Wildman–Crippen MR) is 79.2 cm³/mol. The van der Waals surface area contributed by atoms with Crippen LogP contribution in [0.5, 0.6) is 0 Å². The molecule has 116 valence electrons. The summed E-state index contributed by atoms with van der Waals surface area (Å²) in [6.07, 6.45) is 0.666. The van der Waals surface area contributed by atoms with E-state index in [-0.39, 0.29) is 29.2 Å². The number of hydrogen-bond donors (Lipinski definition) is 2. The van der Waals surface area contributed by atoms with E-state index in [0.717, 1.165) is 10.4 Å². The van der Waals surface area contributed by atoms with Gasteiger partial charge in [-0.05, 0) is 40.9 Å². The molecule has 0 atom stereocenters. The van der Waals surface area contributed by atoms with Gasteiger partial charge < -0.3 is 11.5 Å². The maximum absolute atomic E-state index is 14.1. The van der Waals surface area contributed by atoms with Gasteiger partial charge in [-0.15, -0.1) is 0 Å². The van der Waals surface area contributed by atoms with Crippen molar-refractivity contribution in [3.8, 4) is 0 Å². The highest BCUT2D eigenvalue weighted by molar-refractivity contribution is 9.10. The Morgan fingerprint density at radius 2 is 1.90 bits per heavy atom. The number of halogens is 2. The highest BCUT2D eigenvalue weighted by atomic mass is 79.9. The van der Waals surface area contributed by atoms with E-state index < -0.39 is 26.6 Å². The number of carbonyl (C=O) groups excluding carboxylic acids is 1. The Morgan fingerprint density at radius 1 is 1.33 bits per heavy atom. The molecular formula is C12H15BrFN3O3S. The van der Waals surface area contributed by atoms with Crippen LogP contribution < -0.4 is 11.5 Å². The fraction of sp³-hybridized carbons (Fsp3) is 0.417. The van der Waals surface area contributed by atoms with Crippen molar-refractivity contribution in [2.24, 2.45) is 11.7 Å². The van der Waals surface area contributed by atoms with Crippen molar-refractivity contribution >= 4 is 37.5 Å². The summed E-state index contributed by atoms with van der Waals surface area (Å²) in [6, 6.07) is 2.39. The van der Waals surface area contributed by atoms with Crippen molar-refractivity contribution in [1.29, 1.82) is 0 Å². The maximum Gasteiger partial charge on any atom is 0.246 e. The zero-order valence-electron chi connectivity index (χ0n) is 11.1. The molecule has 6 nitrogen and oxygen atoms in total. The standard InChI is InChI=1S/C12H15BrFN3O3S/c13-9-5-8(15)6-10(11(9)14)21(19,20)17-3-1-7(2-4-17)12(16)18/h5-7H,1-4,15H2,(H2,16,18). The maximum atomic E-state index is 14.1. The molecule has 0 bridgehead atoms. The van der Waals surface area contributed by atoms with Gasteiger partial charge in [-0.25, -0.2) is 12.8 Å². The molecule has 0 aromatic heterocycles. The molecule has 1 saturated heterocycles. The summed E-state index contributed by atoms with van der Waals surface area (Å²) in [7, 11) is -3.99. The van der Waals surface area contributed by atoms with Crippen molar-refractivity contribution < 1.29 is 17.6 Å². The van der Waals surface area contributed by atoms with Gasteiger partial charge in [-0.2, -0.15) is 4.31 Å². The van der Waals surface area contributed by atoms with E-state index in [4.69, 9.17) is 11.5 Å². The Bertz CT molecular complexity index is 673. The molecular weight excluding hydrogens is 365 g/mol. The summed E-state index contributed by atoms with van der Waals surface area (Å²) < 4.78 is 40.2. The summed E-state index contributed by atoms with van der Waals surface area (Å²) in [6.45, 7) is 0.254. The van der Waals surface area contributed by atoms with Crippen LogP contribution in [0.1, 0.15) is 12.8 Å². The van der Waals surface area contributed by atoms with Crippen LogP contribution in [-0.2, 0) is 14.8 Å². The van der Waals surface area contributed by atoms with Gasteiger partial charge in [0.2, 0.25) is 15.9 Å². The van der Waals surface area contributed by atoms with Crippen LogP contribution in [0.15, 0.2) is 21.5 Å². The third-order valence-electron chi connectivity index (χ3n) is 3.49. The number of amides is 1. The number of anilines is 1. The largest absolute Gasteiger partial charge is 0.399 e. The molecule has 1 amide bonds. The fourth-order valence-corrected chi connectivity index (χ4v) is 4.49. The van der Waals surface area contributed by atoms with Gasteiger partial charge in [0, 0.05) is 24.7 Å². The first-order chi connectivity index (χ1) is 9.73. The Labute approximate surface area is 130 Å². The number of nitrogens with two attached hydrogens (primary N) is 2. The fourth-order valence-electron chi connectivity index (χ4n) is 2.29. The van der Waals surface area contributed by atoms with Crippen molar-refractivity contribution in [2.45, 2.75) is 17.7 Å². The molecule has 9 heteroatoms. The summed E-state index contributed by atoms with van der Waals surface area (Å²) >= 11 is 2.94. The van der Waals surface area contributed by atoms with Crippen molar-refractivity contribution in [2.75, 3.05) is 18.8 Å². The van der Waals surface area contributed by atoms with Crippen LogP contribution in [0, 0.1) is 11.7 Å². The lowest BCUT2D eigenvalue weighted by molar-refractivity contribution is -0.122. The number of primary amides is 1. The van der Waals surface area contributed by atoms with Crippen LogP contribution in [0.2, 0.25) is 0 Å². The third-order valence-corrected chi connectivity index (χ3v) is 5.97. The van der Waals surface area contributed by atoms with E-state index in [0.29, 0.717) is 12.8 Å². The van der Waals surface area contributed by atoms with Crippen LogP contribution in [0.3, 0.4) is 0 Å². The molecule has 4 N–H and O–H groups in total. The van der Waals surface area contributed by atoms with Gasteiger partial charge in [0.25, 0.3) is 0 Å². The topological polar surface area (TPSA) is 106 Å².